The molecule has 0 spiro atoms. The Hall–Kier alpha value is -2.75. The molecule has 1 amide bonds. The van der Waals surface area contributed by atoms with Crippen molar-refractivity contribution in [3.05, 3.63) is 41.8 Å². The van der Waals surface area contributed by atoms with Gasteiger partial charge in [0.05, 0.1) is 6.20 Å². The number of amides is 1. The van der Waals surface area contributed by atoms with Crippen LogP contribution in [0.5, 0.6) is 0 Å². The van der Waals surface area contributed by atoms with Gasteiger partial charge in [-0.3, -0.25) is 14.5 Å². The van der Waals surface area contributed by atoms with Gasteiger partial charge < -0.3 is 5.32 Å². The average molecular weight is 364 g/mol. The van der Waals surface area contributed by atoms with E-state index in [4.69, 9.17) is 0 Å². The van der Waals surface area contributed by atoms with Crippen molar-refractivity contribution < 1.29 is 13.6 Å². The number of carbonyl (C=O) groups is 1. The van der Waals surface area contributed by atoms with E-state index in [1.807, 2.05) is 6.07 Å². The largest absolute Gasteiger partial charge is 0.326 e. The van der Waals surface area contributed by atoms with Gasteiger partial charge in [0, 0.05) is 42.0 Å². The first-order valence-corrected chi connectivity index (χ1v) is 8.18. The Labute approximate surface area is 145 Å². The second-order valence-electron chi connectivity index (χ2n) is 5.24. The summed E-state index contributed by atoms with van der Waals surface area (Å²) in [5, 5.41) is 9.95. The summed E-state index contributed by atoms with van der Waals surface area (Å²) >= 11 is 1.30. The lowest BCUT2D eigenvalue weighted by Gasteiger charge is -2.15. The Bertz CT molecular complexity index is 850. The minimum Gasteiger partial charge on any atom is -0.304 e. The predicted octanol–water partition coefficient (Wildman–Crippen LogP) is 2.77. The molecule has 0 radical (unpaired) electrons. The number of aromatic nitrogens is 5. The number of pyridine rings is 1. The number of alkyl halides is 2. The lowest BCUT2D eigenvalue weighted by atomic mass is 10.2. The highest BCUT2D eigenvalue weighted by Gasteiger charge is 2.39. The second-order valence-corrected chi connectivity index (χ2v) is 6.44. The molecule has 3 aromatic heterocycles. The number of anilines is 1. The van der Waals surface area contributed by atoms with Crippen molar-refractivity contribution in [1.29, 1.82) is 0 Å². The lowest BCUT2D eigenvalue weighted by Crippen LogP contribution is -2.36. The third kappa shape index (κ3) is 4.02. The zero-order valence-corrected chi connectivity index (χ0v) is 14.0. The summed E-state index contributed by atoms with van der Waals surface area (Å²) in [5.74, 6) is -4.80. The number of halogens is 2. The van der Waals surface area contributed by atoms with Gasteiger partial charge >= 0.3 is 5.92 Å². The molecule has 0 bridgehead atoms. The van der Waals surface area contributed by atoms with Crippen molar-refractivity contribution in [3.63, 3.8) is 0 Å². The quantitative estimate of drug-likeness (QED) is 0.727. The van der Waals surface area contributed by atoms with Crippen LogP contribution in [0, 0.1) is 6.92 Å². The molecule has 3 aromatic rings. The molecule has 0 unspecified atom stereocenters. The highest BCUT2D eigenvalue weighted by Crippen LogP contribution is 2.31. The highest BCUT2D eigenvalue weighted by atomic mass is 32.1. The summed E-state index contributed by atoms with van der Waals surface area (Å²) in [6, 6.07) is 3.56. The number of aryl methyl sites for hydroxylation is 2. The molecule has 0 saturated carbocycles. The van der Waals surface area contributed by atoms with Gasteiger partial charge in [-0.25, -0.2) is 4.98 Å². The zero-order chi connectivity index (χ0) is 17.9. The molecule has 0 fully saturated rings. The van der Waals surface area contributed by atoms with Gasteiger partial charge in [0.2, 0.25) is 0 Å². The SMILES string of the molecule is Cc1sc(-c2cccnc2)nc1NC(=O)C(F)(F)CCn1ccnn1. The third-order valence-electron chi connectivity index (χ3n) is 3.40. The summed E-state index contributed by atoms with van der Waals surface area (Å²) in [7, 11) is 0. The Morgan fingerprint density at radius 2 is 2.24 bits per heavy atom. The molecule has 0 aliphatic rings. The monoisotopic (exact) mass is 364 g/mol. The van der Waals surface area contributed by atoms with Crippen molar-refractivity contribution in [2.24, 2.45) is 0 Å². The van der Waals surface area contributed by atoms with Crippen LogP contribution in [-0.4, -0.2) is 36.8 Å². The molecule has 7 nitrogen and oxygen atoms in total. The summed E-state index contributed by atoms with van der Waals surface area (Å²) in [6.45, 7) is 1.60. The van der Waals surface area contributed by atoms with Crippen molar-refractivity contribution in [2.45, 2.75) is 25.8 Å². The molecule has 10 heteroatoms. The first kappa shape index (κ1) is 17.1. The number of rotatable bonds is 6. The summed E-state index contributed by atoms with van der Waals surface area (Å²) in [5.41, 5.74) is 0.758. The van der Waals surface area contributed by atoms with Gasteiger partial charge in [0.15, 0.2) is 0 Å². The molecule has 1 N–H and O–H groups in total. The number of hydrogen-bond acceptors (Lipinski definition) is 6. The smallest absolute Gasteiger partial charge is 0.304 e. The van der Waals surface area contributed by atoms with E-state index in [1.165, 1.54) is 28.4 Å². The normalized spacial score (nSPS) is 11.5. The van der Waals surface area contributed by atoms with Crippen molar-refractivity contribution in [2.75, 3.05) is 5.32 Å². The van der Waals surface area contributed by atoms with Crippen LogP contribution in [0.3, 0.4) is 0 Å². The van der Waals surface area contributed by atoms with E-state index < -0.39 is 18.3 Å². The fourth-order valence-corrected chi connectivity index (χ4v) is 2.90. The van der Waals surface area contributed by atoms with Gasteiger partial charge in [0.1, 0.15) is 10.8 Å². The van der Waals surface area contributed by atoms with Crippen LogP contribution >= 0.6 is 11.3 Å². The maximum atomic E-state index is 14.0. The number of thiazole rings is 1. The predicted molar refractivity (Wildman–Crippen MR) is 88.3 cm³/mol. The molecular formula is C15H14F2N6OS. The molecule has 0 aliphatic heterocycles. The molecule has 3 heterocycles. The molecule has 0 aliphatic carbocycles. The fourth-order valence-electron chi connectivity index (χ4n) is 2.04. The van der Waals surface area contributed by atoms with Gasteiger partial charge in [0.25, 0.3) is 5.91 Å². The summed E-state index contributed by atoms with van der Waals surface area (Å²) in [4.78, 5) is 20.8. The maximum absolute atomic E-state index is 14.0. The minimum atomic E-state index is -3.55. The topological polar surface area (TPSA) is 85.6 Å². The van der Waals surface area contributed by atoms with Crippen LogP contribution in [0.15, 0.2) is 36.9 Å². The van der Waals surface area contributed by atoms with Crippen molar-refractivity contribution >= 4 is 23.1 Å². The molecule has 130 valence electrons. The zero-order valence-electron chi connectivity index (χ0n) is 13.2. The van der Waals surface area contributed by atoms with E-state index in [2.05, 4.69) is 25.6 Å². The van der Waals surface area contributed by atoms with Crippen LogP contribution in [0.25, 0.3) is 10.6 Å². The van der Waals surface area contributed by atoms with Crippen LogP contribution in [0.2, 0.25) is 0 Å². The van der Waals surface area contributed by atoms with E-state index in [1.54, 1.807) is 25.4 Å². The number of nitrogens with zero attached hydrogens (tertiary/aromatic N) is 5. The fraction of sp³-hybridized carbons (Fsp3) is 0.267. The Balaban J connectivity index is 1.69. The molecule has 3 rings (SSSR count). The van der Waals surface area contributed by atoms with Crippen LogP contribution in [0.1, 0.15) is 11.3 Å². The van der Waals surface area contributed by atoms with E-state index in [0.717, 1.165) is 5.56 Å². The molecule has 25 heavy (non-hydrogen) atoms. The summed E-state index contributed by atoms with van der Waals surface area (Å²) < 4.78 is 29.3. The van der Waals surface area contributed by atoms with Crippen LogP contribution in [0.4, 0.5) is 14.6 Å². The van der Waals surface area contributed by atoms with Gasteiger partial charge in [-0.15, -0.1) is 16.4 Å². The molecule has 0 saturated heterocycles. The number of hydrogen-bond donors (Lipinski definition) is 1. The Morgan fingerprint density at radius 3 is 2.92 bits per heavy atom. The third-order valence-corrected chi connectivity index (χ3v) is 4.42. The van der Waals surface area contributed by atoms with E-state index in [0.29, 0.717) is 9.88 Å². The highest BCUT2D eigenvalue weighted by molar-refractivity contribution is 7.15. The summed E-state index contributed by atoms with van der Waals surface area (Å²) in [6.07, 6.45) is 5.41. The van der Waals surface area contributed by atoms with E-state index >= 15 is 0 Å². The van der Waals surface area contributed by atoms with Crippen LogP contribution < -0.4 is 5.32 Å². The molecular weight excluding hydrogens is 350 g/mol. The van der Waals surface area contributed by atoms with Crippen molar-refractivity contribution in [1.82, 2.24) is 25.0 Å². The standard InChI is InChI=1S/C15H14F2N6OS/c1-10-12(20-13(25-10)11-3-2-5-18-9-11)21-14(24)15(16,17)4-7-23-8-6-19-22-23/h2-3,5-6,8-9H,4,7H2,1H3,(H,21,24). The maximum Gasteiger partial charge on any atom is 0.326 e. The minimum absolute atomic E-state index is 0.114. The number of nitrogens with one attached hydrogen (secondary N) is 1. The number of carbonyl (C=O) groups excluding carboxylic acids is 1. The average Bonchev–Trinajstić information content (AvgIpc) is 3.24. The lowest BCUT2D eigenvalue weighted by molar-refractivity contribution is -0.140. The first-order chi connectivity index (χ1) is 12.0. The Kier molecular flexibility index (Phi) is 4.79. The van der Waals surface area contributed by atoms with Gasteiger partial charge in [-0.2, -0.15) is 8.78 Å². The Morgan fingerprint density at radius 1 is 1.40 bits per heavy atom. The second kappa shape index (κ2) is 7.01. The first-order valence-electron chi connectivity index (χ1n) is 7.37. The van der Waals surface area contributed by atoms with E-state index in [9.17, 15) is 13.6 Å². The molecule has 0 atom stereocenters. The van der Waals surface area contributed by atoms with Gasteiger partial charge in [-0.1, -0.05) is 5.21 Å². The van der Waals surface area contributed by atoms with Crippen molar-refractivity contribution in [3.8, 4) is 10.6 Å². The van der Waals surface area contributed by atoms with Gasteiger partial charge in [-0.05, 0) is 19.1 Å². The van der Waals surface area contributed by atoms with E-state index in [-0.39, 0.29) is 12.4 Å². The molecule has 0 aromatic carbocycles. The van der Waals surface area contributed by atoms with Crippen LogP contribution in [-0.2, 0) is 11.3 Å².